The minimum Gasteiger partial charge on any atom is -0.324 e. The molecule has 2 aromatic carbocycles. The lowest BCUT2D eigenvalue weighted by molar-refractivity contribution is -0.143. The monoisotopic (exact) mass is 457 g/mol. The molecule has 0 bridgehead atoms. The minimum absolute atomic E-state index is 0.0277. The maximum absolute atomic E-state index is 13.7. The van der Waals surface area contributed by atoms with Gasteiger partial charge in [0, 0.05) is 27.3 Å². The molecule has 0 saturated carbocycles. The summed E-state index contributed by atoms with van der Waals surface area (Å²) in [6, 6.07) is 11.9. The van der Waals surface area contributed by atoms with Crippen molar-refractivity contribution in [3.63, 3.8) is 0 Å². The highest BCUT2D eigenvalue weighted by Gasteiger charge is 2.70. The summed E-state index contributed by atoms with van der Waals surface area (Å²) in [6.45, 7) is 4.04. The normalized spacial score (nSPS) is 29.1. The molecule has 2 aromatic rings. The number of fused-ring (bicyclic) bond motifs is 4. The number of likely N-dealkylation sites (tertiary alicyclic amines) is 1. The van der Waals surface area contributed by atoms with E-state index in [1.807, 2.05) is 19.9 Å². The summed E-state index contributed by atoms with van der Waals surface area (Å²) in [7, 11) is 0. The van der Waals surface area contributed by atoms with Crippen molar-refractivity contribution < 1.29 is 14.4 Å². The summed E-state index contributed by atoms with van der Waals surface area (Å²) in [6.07, 6.45) is 0. The number of halogens is 2. The lowest BCUT2D eigenvalue weighted by atomic mass is 9.76. The SMILES string of the molecule is CC(C)[C@H]1N[C@@]2(C(=O)Nc3ccc(Cl)cc32)[C@@H]2C(=O)N(Cc3ccccc3Cl)C(=O)[C@H]12. The van der Waals surface area contributed by atoms with Gasteiger partial charge in [0.15, 0.2) is 0 Å². The van der Waals surface area contributed by atoms with Gasteiger partial charge in [0.1, 0.15) is 5.54 Å². The lowest BCUT2D eigenvalue weighted by Crippen LogP contribution is -2.53. The van der Waals surface area contributed by atoms with Gasteiger partial charge in [-0.3, -0.25) is 24.6 Å². The van der Waals surface area contributed by atoms with E-state index in [4.69, 9.17) is 23.2 Å². The van der Waals surface area contributed by atoms with Crippen LogP contribution in [0, 0.1) is 17.8 Å². The standard InChI is InChI=1S/C23H21Cl2N3O3/c1-11(2)19-17-18(21(30)28(20(17)29)10-12-5-3-4-6-15(12)25)23(27-19)14-9-13(24)7-8-16(14)26-22(23)31/h3-9,11,17-19,27H,10H2,1-2H3,(H,26,31)/t17-,18-,19+,23+/m0/s1. The van der Waals surface area contributed by atoms with E-state index in [0.29, 0.717) is 26.9 Å². The van der Waals surface area contributed by atoms with Crippen LogP contribution in [-0.2, 0) is 26.5 Å². The van der Waals surface area contributed by atoms with Crippen molar-refractivity contribution >= 4 is 46.6 Å². The Kier molecular flexibility index (Phi) is 4.66. The molecule has 0 aliphatic carbocycles. The first kappa shape index (κ1) is 20.5. The van der Waals surface area contributed by atoms with Crippen LogP contribution in [0.3, 0.4) is 0 Å². The predicted molar refractivity (Wildman–Crippen MR) is 118 cm³/mol. The van der Waals surface area contributed by atoms with Gasteiger partial charge in [0.2, 0.25) is 17.7 Å². The zero-order valence-electron chi connectivity index (χ0n) is 17.0. The third kappa shape index (κ3) is 2.78. The van der Waals surface area contributed by atoms with Crippen molar-refractivity contribution in [3.05, 3.63) is 63.6 Å². The smallest absolute Gasteiger partial charge is 0.250 e. The summed E-state index contributed by atoms with van der Waals surface area (Å²) in [5.74, 6) is -2.45. The van der Waals surface area contributed by atoms with Gasteiger partial charge in [0.25, 0.3) is 0 Å². The fourth-order valence-electron chi connectivity index (χ4n) is 5.29. The summed E-state index contributed by atoms with van der Waals surface area (Å²) >= 11 is 12.5. The summed E-state index contributed by atoms with van der Waals surface area (Å²) in [4.78, 5) is 41.8. The molecular formula is C23H21Cl2N3O3. The van der Waals surface area contributed by atoms with Crippen LogP contribution in [0.5, 0.6) is 0 Å². The Morgan fingerprint density at radius 3 is 2.52 bits per heavy atom. The Labute approximate surface area is 189 Å². The molecule has 31 heavy (non-hydrogen) atoms. The minimum atomic E-state index is -1.33. The third-order valence-corrected chi connectivity index (χ3v) is 7.31. The Morgan fingerprint density at radius 1 is 1.06 bits per heavy atom. The van der Waals surface area contributed by atoms with Crippen LogP contribution in [0.1, 0.15) is 25.0 Å². The van der Waals surface area contributed by atoms with Crippen molar-refractivity contribution in [1.29, 1.82) is 0 Å². The van der Waals surface area contributed by atoms with Gasteiger partial charge in [0.05, 0.1) is 18.4 Å². The number of nitrogens with zero attached hydrogens (tertiary/aromatic N) is 1. The molecule has 6 nitrogen and oxygen atoms in total. The number of carbonyl (C=O) groups is 3. The number of anilines is 1. The zero-order chi connectivity index (χ0) is 22.1. The van der Waals surface area contributed by atoms with Gasteiger partial charge in [-0.1, -0.05) is 55.2 Å². The molecule has 4 atom stereocenters. The van der Waals surface area contributed by atoms with Crippen molar-refractivity contribution in [3.8, 4) is 0 Å². The van der Waals surface area contributed by atoms with Crippen LogP contribution in [0.2, 0.25) is 10.0 Å². The molecule has 160 valence electrons. The number of amides is 3. The van der Waals surface area contributed by atoms with Crippen molar-refractivity contribution in [1.82, 2.24) is 10.2 Å². The van der Waals surface area contributed by atoms with E-state index < -0.39 is 17.4 Å². The summed E-state index contributed by atoms with van der Waals surface area (Å²) in [5.41, 5.74) is 0.578. The molecule has 3 amide bonds. The van der Waals surface area contributed by atoms with E-state index in [2.05, 4.69) is 10.6 Å². The maximum Gasteiger partial charge on any atom is 0.250 e. The van der Waals surface area contributed by atoms with Gasteiger partial charge < -0.3 is 5.32 Å². The molecule has 3 aliphatic rings. The quantitative estimate of drug-likeness (QED) is 0.690. The number of rotatable bonds is 3. The molecular weight excluding hydrogens is 437 g/mol. The van der Waals surface area contributed by atoms with E-state index in [0.717, 1.165) is 0 Å². The van der Waals surface area contributed by atoms with Crippen molar-refractivity contribution in [2.75, 3.05) is 5.32 Å². The second-order valence-electron chi connectivity index (χ2n) is 8.72. The molecule has 3 aliphatic heterocycles. The topological polar surface area (TPSA) is 78.5 Å². The summed E-state index contributed by atoms with van der Waals surface area (Å²) < 4.78 is 0. The first-order valence-corrected chi connectivity index (χ1v) is 11.0. The molecule has 3 heterocycles. The van der Waals surface area contributed by atoms with E-state index in [1.165, 1.54) is 4.90 Å². The van der Waals surface area contributed by atoms with Gasteiger partial charge in [-0.15, -0.1) is 0 Å². The van der Waals surface area contributed by atoms with E-state index in [9.17, 15) is 14.4 Å². The number of hydrogen-bond acceptors (Lipinski definition) is 4. The zero-order valence-corrected chi connectivity index (χ0v) is 18.5. The largest absolute Gasteiger partial charge is 0.324 e. The number of carbonyl (C=O) groups excluding carboxylic acids is 3. The second-order valence-corrected chi connectivity index (χ2v) is 9.57. The van der Waals surface area contributed by atoms with Crippen LogP contribution >= 0.6 is 23.2 Å². The number of imide groups is 1. The molecule has 0 radical (unpaired) electrons. The molecule has 8 heteroatoms. The fourth-order valence-corrected chi connectivity index (χ4v) is 5.66. The Bertz CT molecular complexity index is 1130. The predicted octanol–water partition coefficient (Wildman–Crippen LogP) is 3.57. The number of benzene rings is 2. The molecule has 2 fully saturated rings. The molecule has 5 rings (SSSR count). The van der Waals surface area contributed by atoms with E-state index >= 15 is 0 Å². The lowest BCUT2D eigenvalue weighted by Gasteiger charge is -2.30. The Morgan fingerprint density at radius 2 is 1.81 bits per heavy atom. The van der Waals surface area contributed by atoms with E-state index in [-0.39, 0.29) is 36.2 Å². The third-order valence-electron chi connectivity index (χ3n) is 6.71. The van der Waals surface area contributed by atoms with Crippen molar-refractivity contribution in [2.24, 2.45) is 17.8 Å². The average Bonchev–Trinajstić information content (AvgIpc) is 3.31. The van der Waals surface area contributed by atoms with Crippen LogP contribution < -0.4 is 10.6 Å². The number of nitrogens with one attached hydrogen (secondary N) is 2. The molecule has 0 aromatic heterocycles. The molecule has 1 spiro atoms. The highest BCUT2D eigenvalue weighted by molar-refractivity contribution is 6.31. The van der Waals surface area contributed by atoms with Gasteiger partial charge in [-0.25, -0.2) is 0 Å². The highest BCUT2D eigenvalue weighted by Crippen LogP contribution is 2.54. The number of hydrogen-bond donors (Lipinski definition) is 2. The van der Waals surface area contributed by atoms with Crippen LogP contribution in [0.25, 0.3) is 0 Å². The van der Waals surface area contributed by atoms with Crippen LogP contribution in [0.15, 0.2) is 42.5 Å². The highest BCUT2D eigenvalue weighted by atomic mass is 35.5. The van der Waals surface area contributed by atoms with Crippen LogP contribution in [0.4, 0.5) is 5.69 Å². The summed E-state index contributed by atoms with van der Waals surface area (Å²) in [5, 5.41) is 7.22. The van der Waals surface area contributed by atoms with E-state index in [1.54, 1.807) is 36.4 Å². The molecule has 2 saturated heterocycles. The maximum atomic E-state index is 13.7. The second kappa shape index (κ2) is 7.05. The first-order valence-electron chi connectivity index (χ1n) is 10.2. The van der Waals surface area contributed by atoms with Crippen molar-refractivity contribution in [2.45, 2.75) is 32.0 Å². The van der Waals surface area contributed by atoms with Gasteiger partial charge in [-0.05, 0) is 35.7 Å². The molecule has 2 N–H and O–H groups in total. The first-order chi connectivity index (χ1) is 14.8. The van der Waals surface area contributed by atoms with Gasteiger partial charge in [-0.2, -0.15) is 0 Å². The molecule has 0 unspecified atom stereocenters. The van der Waals surface area contributed by atoms with Crippen LogP contribution in [-0.4, -0.2) is 28.7 Å². The average molecular weight is 458 g/mol. The fraction of sp³-hybridized carbons (Fsp3) is 0.348. The Hall–Kier alpha value is -2.41. The Balaban J connectivity index is 1.63. The van der Waals surface area contributed by atoms with Gasteiger partial charge >= 0.3 is 0 Å².